The summed E-state index contributed by atoms with van der Waals surface area (Å²) in [5.74, 6) is -5.18. The molecular formula is C31H44N3Na9O46S7. The van der Waals surface area contributed by atoms with Gasteiger partial charge in [0.1, 0.15) is 122 Å². The van der Waals surface area contributed by atoms with Crippen LogP contribution in [-0.2, 0) is 145 Å². The van der Waals surface area contributed by atoms with E-state index >= 15 is 0 Å². The predicted molar refractivity (Wildman–Crippen MR) is 233 cm³/mol. The van der Waals surface area contributed by atoms with Crippen LogP contribution >= 0.6 is 12.3 Å². The number of aliphatic carboxylic acids is 2. The molecule has 5 heterocycles. The van der Waals surface area contributed by atoms with Gasteiger partial charge < -0.3 is 135 Å². The largest absolute Gasteiger partial charge is 1.00 e. The molecule has 510 valence electrons. The number of hydrogen-bond donors (Lipinski definition) is 10. The van der Waals surface area contributed by atoms with Crippen LogP contribution < -0.4 is 296 Å². The zero-order chi connectivity index (χ0) is 65.9. The Morgan fingerprint density at radius 1 is 0.406 bits per heavy atom. The molecule has 49 nitrogen and oxygen atoms in total. The molecule has 10 N–H and O–H groups in total. The van der Waals surface area contributed by atoms with Gasteiger partial charge >= 0.3 is 266 Å². The van der Waals surface area contributed by atoms with Gasteiger partial charge in [-0.3, -0.25) is 21.8 Å². The van der Waals surface area contributed by atoms with Crippen molar-refractivity contribution in [2.45, 2.75) is 153 Å². The minimum atomic E-state index is -6.16. The van der Waals surface area contributed by atoms with Gasteiger partial charge in [0.05, 0.1) is 31.8 Å². The maximum atomic E-state index is 12.7. The van der Waals surface area contributed by atoms with Gasteiger partial charge in [-0.05, 0) is 0 Å². The molecule has 0 aromatic heterocycles. The smallest absolute Gasteiger partial charge is 0.735 e. The summed E-state index contributed by atoms with van der Waals surface area (Å²) in [5.41, 5.74) is 0. The molecule has 5 saturated heterocycles. The Morgan fingerprint density at radius 2 is 0.729 bits per heavy atom. The third-order valence-corrected chi connectivity index (χ3v) is 15.5. The maximum Gasteiger partial charge on any atom is 1.00 e. The number of carbonyl (C=O) groups excluding carboxylic acids is 2. The van der Waals surface area contributed by atoms with Crippen molar-refractivity contribution < 1.29 is 478 Å². The summed E-state index contributed by atoms with van der Waals surface area (Å²) in [6.45, 7) is -4.93. The second-order valence-electron chi connectivity index (χ2n) is 17.8. The molecule has 5 fully saturated rings. The first kappa shape index (κ1) is 111. The monoisotopic (exact) mass is 1620 g/mol. The third-order valence-electron chi connectivity index (χ3n) is 12.1. The number of aliphatic hydroxyl groups excluding tert-OH is 7. The van der Waals surface area contributed by atoms with E-state index in [9.17, 15) is 139 Å². The molecule has 25 atom stereocenters. The number of ether oxygens (including phenoxy) is 10. The first-order chi connectivity index (χ1) is 39.8. The molecular weight excluding hydrogens is 1580 g/mol. The van der Waals surface area contributed by atoms with Crippen molar-refractivity contribution in [3.63, 3.8) is 0 Å². The molecule has 0 aromatic carbocycles. The maximum absolute atomic E-state index is 12.7. The number of carboxylic acid groups (broad SMARTS) is 2. The molecule has 0 radical (unpaired) electrons. The summed E-state index contributed by atoms with van der Waals surface area (Å²) in [6.07, 6.45) is -60.3. The van der Waals surface area contributed by atoms with Gasteiger partial charge in [-0.2, -0.15) is 0 Å². The van der Waals surface area contributed by atoms with Crippen molar-refractivity contribution in [2.24, 2.45) is 0 Å². The van der Waals surface area contributed by atoms with Crippen molar-refractivity contribution in [3.05, 3.63) is 0 Å². The molecule has 96 heavy (non-hydrogen) atoms. The third kappa shape index (κ3) is 34.3. The molecule has 0 amide bonds. The second kappa shape index (κ2) is 47.9. The summed E-state index contributed by atoms with van der Waals surface area (Å²) in [6, 6.07) is -7.82. The van der Waals surface area contributed by atoms with E-state index in [1.807, 2.05) is 0 Å². The number of carboxylic acids is 2. The molecule has 0 spiro atoms. The standard InChI is InChI=1S/C31H53N3O46S7.9Na/c1-65-27-9(33-83(50,51)52)13(37)18(6(70-27)3-67-86(59,60)61)72-30-16(40)14(38)22(24(76-30)26(44)45)75-29-10(34-84(53,54)55)20(78-81-80-79-46)19(7(71-29)4-68-87(62,63)64)73-31-17(41)15(39)21(23(77-31)25(42)43)74-28-8(32-82(47,48)49)12(36)11(35)5(69-28)2-66-85(56,57)58;;;;;;;;;/h5-24,27-41,46H,2-4H2,1H3,(H,42,43)(H,44,45)(H,47,48,49)(H,50,51,52)(H,53,54,55)(H,56,57,58)(H,59,60,61)(H,62,63,64);;;;;;;;;/q;9*+1/p-9/t5?,6?,7?,8?,9?,10?,11-,12-,13-,14+,15-,16?,17?,18+,19-,20-,21+,22-,23?,24?,27+,28+,29+,30-,31-;;;;;;;;;/m1........./s1. The van der Waals surface area contributed by atoms with Crippen LogP contribution in [0, 0.1) is 0 Å². The molecule has 0 aromatic rings. The molecule has 65 heteroatoms. The fourth-order valence-electron chi connectivity index (χ4n) is 8.64. The normalized spacial score (nSPS) is 35.8. The number of methoxy groups -OCH3 is 1. The van der Waals surface area contributed by atoms with E-state index in [0.717, 1.165) is 11.8 Å². The van der Waals surface area contributed by atoms with Crippen LogP contribution in [-0.4, -0.2) is 306 Å². The molecule has 5 aliphatic rings. The van der Waals surface area contributed by atoms with Gasteiger partial charge in [-0.1, -0.05) is 0 Å². The quantitative estimate of drug-likeness (QED) is 0.00607. The van der Waals surface area contributed by atoms with Gasteiger partial charge in [-0.25, -0.2) is 64.7 Å². The van der Waals surface area contributed by atoms with Crippen LogP contribution in [0.4, 0.5) is 0 Å². The number of aliphatic hydroxyl groups is 7. The number of carbonyl (C=O) groups is 2. The second-order valence-corrected chi connectivity index (χ2v) is 24.9. The van der Waals surface area contributed by atoms with Gasteiger partial charge in [0, 0.05) is 7.11 Å². The van der Waals surface area contributed by atoms with Crippen LogP contribution in [0.25, 0.3) is 0 Å². The summed E-state index contributed by atoms with van der Waals surface area (Å²) in [4.78, 5) is 25.4. The molecule has 10 unspecified atom stereocenters. The summed E-state index contributed by atoms with van der Waals surface area (Å²) in [5, 5.41) is 117. The zero-order valence-corrected chi connectivity index (χ0v) is 74.7. The van der Waals surface area contributed by atoms with Crippen LogP contribution in [0.2, 0.25) is 0 Å². The Hall–Kier alpha value is 6.67. The van der Waals surface area contributed by atoms with Crippen LogP contribution in [0.3, 0.4) is 0 Å². The van der Waals surface area contributed by atoms with Gasteiger partial charge in [-0.15, -0.1) is 4.33 Å². The molecule has 0 aliphatic carbocycles. The van der Waals surface area contributed by atoms with Gasteiger partial charge in [0.2, 0.25) is 31.2 Å². The summed E-state index contributed by atoms with van der Waals surface area (Å²) < 4.78 is 288. The topological polar surface area (TPSA) is 772 Å². The minimum absolute atomic E-state index is 0. The molecule has 0 saturated carbocycles. The van der Waals surface area contributed by atoms with Crippen LogP contribution in [0.1, 0.15) is 0 Å². The van der Waals surface area contributed by atoms with Crippen molar-refractivity contribution >= 4 is 86.4 Å². The van der Waals surface area contributed by atoms with Crippen molar-refractivity contribution in [2.75, 3.05) is 26.9 Å². The fraction of sp³-hybridized carbons (Fsp3) is 0.935. The Morgan fingerprint density at radius 3 is 1.09 bits per heavy atom. The van der Waals surface area contributed by atoms with E-state index in [1.165, 1.54) is 9.44 Å². The predicted octanol–water partition coefficient (Wildman–Crippen LogP) is -45.3. The molecule has 0 bridgehead atoms. The Balaban J connectivity index is -0.00000307. The van der Waals surface area contributed by atoms with E-state index in [2.05, 4.69) is 21.9 Å². The van der Waals surface area contributed by atoms with E-state index in [-0.39, 0.29) is 266 Å². The first-order valence-electron chi connectivity index (χ1n) is 22.7. The van der Waals surface area contributed by atoms with Crippen LogP contribution in [0.15, 0.2) is 0 Å². The van der Waals surface area contributed by atoms with E-state index in [1.54, 1.807) is 0 Å². The van der Waals surface area contributed by atoms with E-state index < -0.39 is 260 Å². The number of hydrogen-bond acceptors (Lipinski definition) is 47. The Labute approximate surface area is 746 Å². The Bertz CT molecular complexity index is 3060. The first-order valence-corrected chi connectivity index (χ1v) is 31.6. The number of rotatable bonds is 30. The fourth-order valence-corrected chi connectivity index (χ4v) is 11.7. The van der Waals surface area contributed by atoms with Gasteiger partial charge in [0.25, 0.3) is 0 Å². The van der Waals surface area contributed by atoms with Crippen molar-refractivity contribution in [3.8, 4) is 0 Å². The number of nitrogens with one attached hydrogen (secondary N) is 3. The Kier molecular flexibility index (Phi) is 55.5. The van der Waals surface area contributed by atoms with Crippen molar-refractivity contribution in [1.82, 2.24) is 14.2 Å². The summed E-state index contributed by atoms with van der Waals surface area (Å²) >= 11 is -0.734. The average Bonchev–Trinajstić information content (AvgIpc) is 0.770. The minimum Gasteiger partial charge on any atom is -0.735 e. The molecule has 5 aliphatic heterocycles. The average molecular weight is 1630 g/mol. The van der Waals surface area contributed by atoms with Gasteiger partial charge in [0.15, 0.2) is 74.7 Å². The zero-order valence-electron chi connectivity index (χ0n) is 51.0. The van der Waals surface area contributed by atoms with E-state index in [4.69, 9.17) is 51.6 Å². The molecule has 5 rings (SSSR count). The SMILES string of the molecule is CO[C@H]1OC(COS(=O)(=O)[O-])[C@H](O[C@@H]2OC(C(=O)[O-])[C@H](O[C@@H]3OC(COS(=O)(=O)[O-])[C@@H](O[C@@H]4OC(C(=O)[O-])[C@@H](O[C@@H]5OC(COS(=O)(=O)[O-])[C@@H](O)[C@H](O)C5NS(=O)(=O)[O-])[C@H](O)C4O)[C@H](OSOO[O-])C3NS(=O)(=O)[O-])[C@@H](O)C2O)[C@H](O)C1NS(=O)(=O)[O-].[Na+].[Na+].[Na+].[Na+].[Na+].[Na+].[Na+].[Na+].[Na+]. The van der Waals surface area contributed by atoms with Crippen LogP contribution in [0.5, 0.6) is 0 Å². The summed E-state index contributed by atoms with van der Waals surface area (Å²) in [7, 11) is -34.2. The van der Waals surface area contributed by atoms with Crippen molar-refractivity contribution in [1.29, 1.82) is 0 Å². The van der Waals surface area contributed by atoms with E-state index in [0.29, 0.717) is 0 Å².